The van der Waals surface area contributed by atoms with Crippen LogP contribution in [0.4, 0.5) is 14.9 Å². The number of urea groups is 1. The number of aromatic nitrogens is 4. The van der Waals surface area contributed by atoms with Crippen LogP contribution in [0.1, 0.15) is 61.1 Å². The Bertz CT molecular complexity index is 4950. The van der Waals surface area contributed by atoms with Crippen LogP contribution in [0, 0.1) is 18.7 Å². The SMILES string of the molecule is COc1ccccc1-c1nccc(COc2ccccc2C[C@@H](Oc2ncnc3sc(-c4ccc(F)cc4)c(-c4ccc(OCCN5CC[N+](C)(Cc6ccc(NC(=O)C(CCCNC(N)=O)NC(=O)C(NC(=O)CCOCCN7C(=O)C=CC7=O)C(C)C)cc6CN(C)C(=O)CN(CC(=O)O)CC(=O)O)CC5)c(Cl)c4C)c23)C(=O)O)n1. The molecule has 1 saturated heterocycles. The molecule has 618 valence electrons. The number of primary amides is 1. The summed E-state index contributed by atoms with van der Waals surface area (Å²) in [5.41, 5.74) is 11.2. The second-order valence-corrected chi connectivity index (χ2v) is 30.1. The molecule has 32 nitrogen and oxygen atoms in total. The molecule has 35 heteroatoms. The minimum atomic E-state index is -1.49. The number of aliphatic carboxylic acids is 3. The van der Waals surface area contributed by atoms with Crippen molar-refractivity contribution in [2.75, 3.05) is 112 Å². The number of piperazine rings is 1. The number of carboxylic acids is 3. The monoisotopic (exact) mass is 1650 g/mol. The fourth-order valence-corrected chi connectivity index (χ4v) is 14.8. The molecule has 8 amide bonds. The lowest BCUT2D eigenvalue weighted by molar-refractivity contribution is -0.926. The molecule has 2 aliphatic rings. The number of carboxylic acid groups (broad SMARTS) is 3. The van der Waals surface area contributed by atoms with Gasteiger partial charge in [-0.15, -0.1) is 11.3 Å². The van der Waals surface area contributed by atoms with Gasteiger partial charge in [0.1, 0.15) is 66.1 Å². The predicted molar refractivity (Wildman–Crippen MR) is 430 cm³/mol. The van der Waals surface area contributed by atoms with Crippen molar-refractivity contribution in [1.82, 2.24) is 55.5 Å². The molecule has 1 fully saturated rings. The number of anilines is 1. The second kappa shape index (κ2) is 41.0. The third-order valence-corrected chi connectivity index (χ3v) is 21.4. The molecule has 5 aromatic carbocycles. The van der Waals surface area contributed by atoms with Crippen molar-refractivity contribution in [1.29, 1.82) is 0 Å². The van der Waals surface area contributed by atoms with Gasteiger partial charge in [-0.05, 0) is 108 Å². The van der Waals surface area contributed by atoms with Crippen molar-refractivity contribution in [2.45, 2.75) is 84.3 Å². The Balaban J connectivity index is 0.816. The Morgan fingerprint density at radius 2 is 1.48 bits per heavy atom. The van der Waals surface area contributed by atoms with E-state index in [-0.39, 0.29) is 83.3 Å². The summed E-state index contributed by atoms with van der Waals surface area (Å²) >= 11 is 8.58. The summed E-state index contributed by atoms with van der Waals surface area (Å²) in [5.74, 6) is -6.49. The molecule has 5 heterocycles. The molecule has 0 spiro atoms. The number of thiophene rings is 1. The largest absolute Gasteiger partial charge is 0.496 e. The zero-order valence-corrected chi connectivity index (χ0v) is 67.0. The van der Waals surface area contributed by atoms with Gasteiger partial charge < -0.3 is 75.4 Å². The van der Waals surface area contributed by atoms with Crippen LogP contribution < -0.4 is 45.9 Å². The number of nitrogens with one attached hydrogen (secondary N) is 4. The quantitative estimate of drug-likeness (QED) is 0.0105. The molecular formula is C82H93ClFN14O18S+. The van der Waals surface area contributed by atoms with Gasteiger partial charge in [0.25, 0.3) is 11.8 Å². The second-order valence-electron chi connectivity index (χ2n) is 28.7. The van der Waals surface area contributed by atoms with E-state index in [1.807, 2.05) is 43.3 Å². The smallest absolute Gasteiger partial charge is 0.345 e. The number of imide groups is 1. The van der Waals surface area contributed by atoms with E-state index in [1.54, 1.807) is 87.8 Å². The number of para-hydroxylation sites is 2. The Kier molecular flexibility index (Phi) is 30.6. The average Bonchev–Trinajstić information content (AvgIpc) is 1.61. The van der Waals surface area contributed by atoms with Gasteiger partial charge >= 0.3 is 23.9 Å². The van der Waals surface area contributed by atoms with Crippen LogP contribution in [0.15, 0.2) is 134 Å². The van der Waals surface area contributed by atoms with Crippen LogP contribution in [0.25, 0.3) is 43.2 Å². The van der Waals surface area contributed by atoms with E-state index in [2.05, 4.69) is 48.2 Å². The van der Waals surface area contributed by atoms with Crippen LogP contribution in [-0.4, -0.2) is 243 Å². The Morgan fingerprint density at radius 1 is 0.769 bits per heavy atom. The van der Waals surface area contributed by atoms with Crippen molar-refractivity contribution in [2.24, 2.45) is 11.7 Å². The van der Waals surface area contributed by atoms with Crippen molar-refractivity contribution >= 4 is 98.2 Å². The Labute approximate surface area is 682 Å². The first-order valence-electron chi connectivity index (χ1n) is 37.7. The van der Waals surface area contributed by atoms with Crippen LogP contribution in [0.3, 0.4) is 0 Å². The maximum atomic E-state index is 14.6. The highest BCUT2D eigenvalue weighted by atomic mass is 35.5. The molecule has 0 radical (unpaired) electrons. The molecule has 9 N–H and O–H groups in total. The number of rotatable bonds is 42. The lowest BCUT2D eigenvalue weighted by Gasteiger charge is -2.42. The molecule has 8 aromatic rings. The summed E-state index contributed by atoms with van der Waals surface area (Å²) in [7, 11) is 5.15. The molecule has 0 saturated carbocycles. The first kappa shape index (κ1) is 87.3. The van der Waals surface area contributed by atoms with Crippen molar-refractivity contribution < 1.29 is 95.8 Å². The van der Waals surface area contributed by atoms with Crippen molar-refractivity contribution in [3.8, 4) is 56.1 Å². The number of methoxy groups -OCH3 is 1. The molecule has 10 rings (SSSR count). The van der Waals surface area contributed by atoms with E-state index < -0.39 is 109 Å². The van der Waals surface area contributed by atoms with Crippen molar-refractivity contribution in [3.05, 3.63) is 173 Å². The van der Waals surface area contributed by atoms with Crippen LogP contribution >= 0.6 is 22.9 Å². The number of ether oxygens (including phenoxy) is 5. The number of nitrogens with zero attached hydrogens (tertiary/aromatic N) is 9. The number of halogens is 2. The number of hydrogen-bond donors (Lipinski definition) is 8. The molecule has 2 unspecified atom stereocenters. The van der Waals surface area contributed by atoms with Gasteiger partial charge in [-0.1, -0.05) is 80.0 Å². The highest BCUT2D eigenvalue weighted by Gasteiger charge is 2.35. The van der Waals surface area contributed by atoms with E-state index in [0.29, 0.717) is 132 Å². The van der Waals surface area contributed by atoms with E-state index >= 15 is 0 Å². The number of likely N-dealkylation sites (N-methyl/N-ethyl adjacent to an activating group) is 2. The van der Waals surface area contributed by atoms with Gasteiger partial charge in [-0.25, -0.2) is 33.9 Å². The van der Waals surface area contributed by atoms with Gasteiger partial charge in [-0.2, -0.15) is 0 Å². The van der Waals surface area contributed by atoms with Gasteiger partial charge in [-0.3, -0.25) is 53.1 Å². The standard InChI is InChI=1S/C82H92ClFN14O18S/c1-49(2)74(93-65(99)28-37-113-38-34-97-66(100)25-26-67(97)101)78(108)92-60(14-11-29-87-82(85)111)77(107)91-56-22-19-53(54(40-56)42-94(4)68(102)43-96(44-69(103)104)45-70(105)106)46-98(5)35-31-95(32-36-98)33-39-114-63-24-23-58(50(3)73(63)83)71-72-79(88-48-89-80(72)117-75(71)51-17-20-55(84)21-18-51)116-64(81(109)110)41-52-12-7-9-15-61(52)115-47-57-27-30-86-76(90-57)59-13-8-10-16-62(59)112-6/h7-10,12-13,15-27,30,40,48-49,60,64,74H,11,14,28-29,31-39,41-47H2,1-6H3,(H8-,85,87,91,92,93,99,103,104,105,106,107,108,109,110,111)/p+1/t60?,64-,74?/m1/s1. The molecule has 2 aliphatic heterocycles. The van der Waals surface area contributed by atoms with E-state index in [4.69, 9.17) is 46.0 Å². The lowest BCUT2D eigenvalue weighted by Crippen LogP contribution is -2.57. The zero-order chi connectivity index (χ0) is 84.0. The van der Waals surface area contributed by atoms with Crippen LogP contribution in [0.5, 0.6) is 23.1 Å². The number of benzene rings is 5. The molecule has 0 aliphatic carbocycles. The lowest BCUT2D eigenvalue weighted by atomic mass is 9.96. The number of fused-ring (bicyclic) bond motifs is 1. The molecule has 117 heavy (non-hydrogen) atoms. The fraction of sp³-hybridized carbons (Fsp3) is 0.366. The van der Waals surface area contributed by atoms with Gasteiger partial charge in [0, 0.05) is 92.7 Å². The molecule has 3 atom stereocenters. The highest BCUT2D eigenvalue weighted by Crippen LogP contribution is 2.50. The first-order valence-corrected chi connectivity index (χ1v) is 38.9. The van der Waals surface area contributed by atoms with Gasteiger partial charge in [0.05, 0.1) is 88.3 Å². The van der Waals surface area contributed by atoms with Crippen LogP contribution in [0.2, 0.25) is 5.02 Å². The molecular weight excluding hydrogens is 1560 g/mol. The van der Waals surface area contributed by atoms with Gasteiger partial charge in [0.15, 0.2) is 5.82 Å². The maximum Gasteiger partial charge on any atom is 0.345 e. The number of carbonyl (C=O) groups excluding carboxylic acids is 7. The molecule has 3 aromatic heterocycles. The summed E-state index contributed by atoms with van der Waals surface area (Å²) in [4.78, 5) is 153. The number of hydrogen-bond acceptors (Lipinski definition) is 22. The van der Waals surface area contributed by atoms with E-state index in [1.165, 1.54) is 41.7 Å². The number of carbonyl (C=O) groups is 10. The number of quaternary nitrogens is 1. The summed E-state index contributed by atoms with van der Waals surface area (Å²) in [5, 5.41) is 41.5. The summed E-state index contributed by atoms with van der Waals surface area (Å²) < 4.78 is 45.4. The first-order chi connectivity index (χ1) is 56.0. The predicted octanol–water partition coefficient (Wildman–Crippen LogP) is 7.36. The minimum Gasteiger partial charge on any atom is -0.496 e. The fourth-order valence-electron chi connectivity index (χ4n) is 13.4. The van der Waals surface area contributed by atoms with E-state index in [0.717, 1.165) is 27.5 Å². The third kappa shape index (κ3) is 24.0. The van der Waals surface area contributed by atoms with Gasteiger partial charge in [0.2, 0.25) is 35.6 Å². The zero-order valence-electron chi connectivity index (χ0n) is 65.4. The topological polar surface area (TPSA) is 416 Å². The summed E-state index contributed by atoms with van der Waals surface area (Å²) in [6.07, 6.45) is 3.58. The Hall–Kier alpha value is -12.1. The third-order valence-electron chi connectivity index (χ3n) is 19.7. The number of amides is 8. The van der Waals surface area contributed by atoms with Crippen molar-refractivity contribution in [3.63, 3.8) is 0 Å². The average molecular weight is 1650 g/mol. The van der Waals surface area contributed by atoms with Crippen LogP contribution in [-0.2, 0) is 74.0 Å². The molecule has 0 bridgehead atoms. The summed E-state index contributed by atoms with van der Waals surface area (Å²) in [6.45, 7) is 6.85. The highest BCUT2D eigenvalue weighted by molar-refractivity contribution is 7.22. The Morgan fingerprint density at radius 3 is 2.17 bits per heavy atom. The summed E-state index contributed by atoms with van der Waals surface area (Å²) in [6, 6.07) is 27.7. The normalized spacial score (nSPS) is 14.1. The van der Waals surface area contributed by atoms with E-state index in [9.17, 15) is 67.7 Å². The maximum absolute atomic E-state index is 14.6. The number of nitrogens with two attached hydrogens (primary N) is 1. The minimum absolute atomic E-state index is 0.00282.